The molecule has 0 unspecified atom stereocenters. The van der Waals surface area contributed by atoms with Crippen LogP contribution in [-0.4, -0.2) is 52.2 Å². The number of ether oxygens (including phenoxy) is 1. The van der Waals surface area contributed by atoms with E-state index in [1.807, 2.05) is 6.07 Å². The molecule has 3 aliphatic rings. The number of imidazole rings is 1. The second kappa shape index (κ2) is 9.75. The van der Waals surface area contributed by atoms with Gasteiger partial charge in [-0.1, -0.05) is 42.5 Å². The van der Waals surface area contributed by atoms with E-state index in [4.69, 9.17) is 9.72 Å². The predicted molar refractivity (Wildman–Crippen MR) is 137 cm³/mol. The average Bonchev–Trinajstić information content (AvgIpc) is 3.60. The normalized spacial score (nSPS) is 25.5. The summed E-state index contributed by atoms with van der Waals surface area (Å²) in [5.41, 5.74) is 3.53. The van der Waals surface area contributed by atoms with E-state index in [0.29, 0.717) is 30.5 Å². The van der Waals surface area contributed by atoms with E-state index in [1.165, 1.54) is 23.9 Å². The van der Waals surface area contributed by atoms with Gasteiger partial charge >= 0.3 is 0 Å². The summed E-state index contributed by atoms with van der Waals surface area (Å²) in [5, 5.41) is 3.36. The zero-order chi connectivity index (χ0) is 23.8. The molecule has 2 aliphatic heterocycles. The quantitative estimate of drug-likeness (QED) is 0.512. The van der Waals surface area contributed by atoms with E-state index < -0.39 is 0 Å². The van der Waals surface area contributed by atoms with Crippen molar-refractivity contribution in [2.45, 2.75) is 69.6 Å². The smallest absolute Gasteiger partial charge is 0.220 e. The van der Waals surface area contributed by atoms with Gasteiger partial charge in [0.1, 0.15) is 5.82 Å². The van der Waals surface area contributed by atoms with Gasteiger partial charge in [-0.2, -0.15) is 0 Å². The first kappa shape index (κ1) is 22.7. The van der Waals surface area contributed by atoms with Crippen LogP contribution in [0, 0.1) is 12.8 Å². The van der Waals surface area contributed by atoms with Crippen LogP contribution in [0.15, 0.2) is 54.6 Å². The highest BCUT2D eigenvalue weighted by molar-refractivity contribution is 5.77. The number of nitrogens with one attached hydrogen (secondary N) is 1. The molecule has 2 aromatic carbocycles. The Kier molecular flexibility index (Phi) is 6.33. The fourth-order valence-corrected chi connectivity index (χ4v) is 6.29. The van der Waals surface area contributed by atoms with Crippen molar-refractivity contribution in [2.75, 3.05) is 19.8 Å². The summed E-state index contributed by atoms with van der Waals surface area (Å²) in [6.07, 6.45) is 6.14. The Bertz CT molecular complexity index is 1160. The minimum absolute atomic E-state index is 0.0571. The molecule has 3 aromatic rings. The lowest BCUT2D eigenvalue weighted by atomic mass is 9.89. The van der Waals surface area contributed by atoms with Crippen LogP contribution in [-0.2, 0) is 9.53 Å². The van der Waals surface area contributed by atoms with Crippen LogP contribution >= 0.6 is 0 Å². The van der Waals surface area contributed by atoms with Crippen molar-refractivity contribution in [1.29, 1.82) is 0 Å². The molecule has 3 fully saturated rings. The monoisotopic (exact) mass is 472 g/mol. The van der Waals surface area contributed by atoms with Gasteiger partial charge in [0, 0.05) is 31.1 Å². The Morgan fingerprint density at radius 1 is 1.03 bits per heavy atom. The maximum absolute atomic E-state index is 12.7. The zero-order valence-electron chi connectivity index (χ0n) is 20.6. The molecule has 6 heteroatoms. The number of amides is 1. The summed E-state index contributed by atoms with van der Waals surface area (Å²) < 4.78 is 8.48. The minimum Gasteiger partial charge on any atom is -0.378 e. The number of rotatable bonds is 8. The molecule has 1 N–H and O–H groups in total. The lowest BCUT2D eigenvalue weighted by Gasteiger charge is -2.49. The third-order valence-electron chi connectivity index (χ3n) is 8.17. The van der Waals surface area contributed by atoms with E-state index >= 15 is 0 Å². The first-order valence-corrected chi connectivity index (χ1v) is 13.3. The van der Waals surface area contributed by atoms with Crippen molar-refractivity contribution in [3.8, 4) is 0 Å². The summed E-state index contributed by atoms with van der Waals surface area (Å²) in [5.74, 6) is 1.90. The van der Waals surface area contributed by atoms with Gasteiger partial charge in [0.2, 0.25) is 5.91 Å². The molecule has 2 bridgehead atoms. The molecule has 0 spiro atoms. The van der Waals surface area contributed by atoms with Gasteiger partial charge in [-0.3, -0.25) is 9.69 Å². The van der Waals surface area contributed by atoms with Crippen molar-refractivity contribution in [3.63, 3.8) is 0 Å². The van der Waals surface area contributed by atoms with Crippen LogP contribution in [0.4, 0.5) is 0 Å². The van der Waals surface area contributed by atoms with Crippen LogP contribution in [0.3, 0.4) is 0 Å². The molecular formula is C29H36N4O2. The van der Waals surface area contributed by atoms with Crippen molar-refractivity contribution in [3.05, 3.63) is 66.0 Å². The average molecular weight is 473 g/mol. The van der Waals surface area contributed by atoms with Gasteiger partial charge in [0.15, 0.2) is 0 Å². The summed E-state index contributed by atoms with van der Waals surface area (Å²) in [6.45, 7) is 4.66. The molecule has 4 atom stereocenters. The summed E-state index contributed by atoms with van der Waals surface area (Å²) >= 11 is 0. The first-order valence-electron chi connectivity index (χ1n) is 13.3. The van der Waals surface area contributed by atoms with Gasteiger partial charge in [-0.05, 0) is 62.6 Å². The van der Waals surface area contributed by atoms with Gasteiger partial charge in [-0.25, -0.2) is 4.98 Å². The Hall–Kier alpha value is -2.70. The predicted octanol–water partition coefficient (Wildman–Crippen LogP) is 4.80. The SMILES string of the molecule is Cc1nc2ccccc2n1[C@H]1C[C@H]2COC[C@@H](C1)N2CC[C@H](NC(=O)CC1CC1)c1ccccc1. The fourth-order valence-electron chi connectivity index (χ4n) is 6.29. The Balaban J connectivity index is 1.16. The number of carbonyl (C=O) groups excluding carboxylic acids is 1. The number of nitrogens with zero attached hydrogens (tertiary/aromatic N) is 3. The number of hydrogen-bond acceptors (Lipinski definition) is 4. The van der Waals surface area contributed by atoms with Crippen LogP contribution in [0.1, 0.15) is 62.0 Å². The van der Waals surface area contributed by atoms with E-state index in [9.17, 15) is 4.79 Å². The van der Waals surface area contributed by atoms with Crippen molar-refractivity contribution in [2.24, 2.45) is 5.92 Å². The van der Waals surface area contributed by atoms with Crippen molar-refractivity contribution >= 4 is 16.9 Å². The summed E-state index contributed by atoms with van der Waals surface area (Å²) in [6, 6.07) is 20.2. The molecule has 3 heterocycles. The number of piperidine rings is 1. The highest BCUT2D eigenvalue weighted by atomic mass is 16.5. The molecule has 0 radical (unpaired) electrons. The topological polar surface area (TPSA) is 59.4 Å². The third-order valence-corrected chi connectivity index (χ3v) is 8.17. The molecule has 1 amide bonds. The maximum atomic E-state index is 12.7. The van der Waals surface area contributed by atoms with Gasteiger partial charge < -0.3 is 14.6 Å². The van der Waals surface area contributed by atoms with Crippen LogP contribution in [0.25, 0.3) is 11.0 Å². The summed E-state index contributed by atoms with van der Waals surface area (Å²) in [4.78, 5) is 20.2. The van der Waals surface area contributed by atoms with E-state index in [2.05, 4.69) is 70.2 Å². The van der Waals surface area contributed by atoms with Crippen LogP contribution < -0.4 is 5.32 Å². The molecule has 184 valence electrons. The van der Waals surface area contributed by atoms with Crippen LogP contribution in [0.2, 0.25) is 0 Å². The molecule has 1 saturated carbocycles. The lowest BCUT2D eigenvalue weighted by molar-refractivity contribution is -0.122. The Morgan fingerprint density at radius 3 is 2.49 bits per heavy atom. The number of hydrogen-bond donors (Lipinski definition) is 1. The molecular weight excluding hydrogens is 436 g/mol. The van der Waals surface area contributed by atoms with E-state index in [1.54, 1.807) is 0 Å². The fraction of sp³-hybridized carbons (Fsp3) is 0.517. The minimum atomic E-state index is 0.0571. The lowest BCUT2D eigenvalue weighted by Crippen LogP contribution is -2.57. The second-order valence-electron chi connectivity index (χ2n) is 10.7. The van der Waals surface area contributed by atoms with Crippen molar-refractivity contribution < 1.29 is 9.53 Å². The number of aryl methyl sites for hydroxylation is 1. The van der Waals surface area contributed by atoms with E-state index in [-0.39, 0.29) is 11.9 Å². The number of fused-ring (bicyclic) bond motifs is 3. The molecule has 1 aliphatic carbocycles. The summed E-state index contributed by atoms with van der Waals surface area (Å²) in [7, 11) is 0. The number of aromatic nitrogens is 2. The first-order chi connectivity index (χ1) is 17.2. The number of benzene rings is 2. The van der Waals surface area contributed by atoms with Gasteiger partial charge in [0.25, 0.3) is 0 Å². The number of carbonyl (C=O) groups is 1. The standard InChI is InChI=1S/C29H36N4O2/c1-20-30-27-9-5-6-10-28(27)33(20)23-16-24-18-35-19-25(17-23)32(24)14-13-26(22-7-3-2-4-8-22)31-29(34)15-21-11-12-21/h2-10,21,23-26H,11-19H2,1H3,(H,31,34)/t23-,24-,25+,26-/m0/s1. The number of para-hydroxylation sites is 2. The highest BCUT2D eigenvalue weighted by Crippen LogP contribution is 2.38. The molecule has 2 saturated heterocycles. The van der Waals surface area contributed by atoms with Gasteiger partial charge in [-0.15, -0.1) is 0 Å². The highest BCUT2D eigenvalue weighted by Gasteiger charge is 2.40. The van der Waals surface area contributed by atoms with Crippen molar-refractivity contribution in [1.82, 2.24) is 19.8 Å². The van der Waals surface area contributed by atoms with E-state index in [0.717, 1.165) is 50.4 Å². The zero-order valence-corrected chi connectivity index (χ0v) is 20.6. The molecule has 1 aromatic heterocycles. The van der Waals surface area contributed by atoms with Crippen LogP contribution in [0.5, 0.6) is 0 Å². The molecule has 6 nitrogen and oxygen atoms in total. The molecule has 35 heavy (non-hydrogen) atoms. The Labute approximate surface area is 207 Å². The largest absolute Gasteiger partial charge is 0.378 e. The van der Waals surface area contributed by atoms with Gasteiger partial charge in [0.05, 0.1) is 30.3 Å². The third kappa shape index (κ3) is 4.87. The maximum Gasteiger partial charge on any atom is 0.220 e. The second-order valence-corrected chi connectivity index (χ2v) is 10.7. The molecule has 6 rings (SSSR count). The Morgan fingerprint density at radius 2 is 1.74 bits per heavy atom. The number of morpholine rings is 1.